The third kappa shape index (κ3) is 0.652. The van der Waals surface area contributed by atoms with E-state index in [-0.39, 0.29) is 0 Å². The van der Waals surface area contributed by atoms with Crippen LogP contribution in [-0.4, -0.2) is 13.7 Å². The van der Waals surface area contributed by atoms with Crippen molar-refractivity contribution in [2.24, 2.45) is 4.99 Å². The van der Waals surface area contributed by atoms with Gasteiger partial charge in [0.15, 0.2) is 0 Å². The monoisotopic (exact) mass is 133 g/mol. The summed E-state index contributed by atoms with van der Waals surface area (Å²) in [5.74, 6) is 0. The van der Waals surface area contributed by atoms with Crippen LogP contribution < -0.4 is 15.3 Å². The summed E-state index contributed by atoms with van der Waals surface area (Å²) in [4.78, 5) is 4.31. The van der Waals surface area contributed by atoms with Crippen molar-refractivity contribution in [3.05, 3.63) is 35.0 Å². The molecule has 10 heavy (non-hydrogen) atoms. The van der Waals surface area contributed by atoms with Gasteiger partial charge in [-0.15, -0.1) is 0 Å². The molecule has 0 spiro atoms. The molecule has 0 aromatic heterocycles. The Morgan fingerprint density at radius 1 is 1.40 bits per heavy atom. The molecule has 1 aliphatic heterocycles. The first-order valence-corrected chi connectivity index (χ1v) is 3.35. The fourth-order valence-corrected chi connectivity index (χ4v) is 1.18. The van der Waals surface area contributed by atoms with E-state index in [1.807, 2.05) is 18.2 Å². The molecular formula is C8H9N2+. The van der Waals surface area contributed by atoms with Crippen LogP contribution in [-0.2, 0) is 0 Å². The third-order valence-electron chi connectivity index (χ3n) is 1.75. The Bertz CT molecular complexity index is 365. The molecule has 0 aliphatic carbocycles. The highest BCUT2D eigenvalue weighted by molar-refractivity contribution is 5.02. The second-order valence-electron chi connectivity index (χ2n) is 2.49. The molecule has 1 heterocycles. The Balaban J connectivity index is 2.96. The van der Waals surface area contributed by atoms with E-state index >= 15 is 0 Å². The molecule has 0 atom stereocenters. The lowest BCUT2D eigenvalue weighted by Gasteiger charge is -1.80. The van der Waals surface area contributed by atoms with Crippen molar-refractivity contribution in [3.63, 3.8) is 0 Å². The lowest BCUT2D eigenvalue weighted by Crippen LogP contribution is -2.30. The second-order valence-corrected chi connectivity index (χ2v) is 2.49. The number of benzene rings is 1. The maximum atomic E-state index is 4.31. The number of hydrogen-bond acceptors (Lipinski definition) is 1. The molecule has 0 amide bonds. The Labute approximate surface area is 59.2 Å². The zero-order chi connectivity index (χ0) is 6.97. The zero-order valence-electron chi connectivity index (χ0n) is 5.91. The number of para-hydroxylation sites is 2. The van der Waals surface area contributed by atoms with Gasteiger partial charge in [0.1, 0.15) is 12.4 Å². The molecule has 2 heteroatoms. The molecule has 0 bridgehead atoms. The van der Waals surface area contributed by atoms with E-state index in [2.05, 4.69) is 22.7 Å². The summed E-state index contributed by atoms with van der Waals surface area (Å²) in [5, 5.41) is 2.35. The first-order valence-electron chi connectivity index (χ1n) is 3.35. The minimum atomic E-state index is 0.805. The molecule has 2 rings (SSSR count). The SMILES string of the molecule is C[N+]1=c2ccccc2=NC1. The summed E-state index contributed by atoms with van der Waals surface area (Å²) in [6.07, 6.45) is 0. The predicted octanol–water partition coefficient (Wildman–Crippen LogP) is -0.602. The smallest absolute Gasteiger partial charge is 0.213 e. The summed E-state index contributed by atoms with van der Waals surface area (Å²) in [6, 6.07) is 8.18. The minimum Gasteiger partial charge on any atom is -0.213 e. The third-order valence-corrected chi connectivity index (χ3v) is 1.75. The van der Waals surface area contributed by atoms with Crippen LogP contribution in [0, 0.1) is 0 Å². The number of fused-ring (bicyclic) bond motifs is 1. The summed E-state index contributed by atoms with van der Waals surface area (Å²) in [7, 11) is 2.05. The maximum absolute atomic E-state index is 4.31. The molecule has 1 aliphatic rings. The molecule has 0 N–H and O–H groups in total. The van der Waals surface area contributed by atoms with E-state index in [9.17, 15) is 0 Å². The van der Waals surface area contributed by atoms with Gasteiger partial charge in [0.05, 0.1) is 0 Å². The first-order chi connectivity index (χ1) is 4.88. The van der Waals surface area contributed by atoms with Gasteiger partial charge in [-0.25, -0.2) is 9.57 Å². The Morgan fingerprint density at radius 2 is 2.20 bits per heavy atom. The molecule has 0 fully saturated rings. The van der Waals surface area contributed by atoms with Crippen molar-refractivity contribution < 1.29 is 0 Å². The van der Waals surface area contributed by atoms with Crippen LogP contribution in [0.15, 0.2) is 29.3 Å². The fourth-order valence-electron chi connectivity index (χ4n) is 1.18. The highest BCUT2D eigenvalue weighted by Crippen LogP contribution is 1.75. The highest BCUT2D eigenvalue weighted by atomic mass is 15.1. The van der Waals surface area contributed by atoms with Crippen LogP contribution in [0.3, 0.4) is 0 Å². The Kier molecular flexibility index (Phi) is 1.07. The molecular weight excluding hydrogens is 124 g/mol. The second kappa shape index (κ2) is 1.90. The van der Waals surface area contributed by atoms with Crippen molar-refractivity contribution in [3.8, 4) is 0 Å². The summed E-state index contributed by atoms with van der Waals surface area (Å²) in [6.45, 7) is 0.805. The Hall–Kier alpha value is -1.18. The van der Waals surface area contributed by atoms with E-state index in [4.69, 9.17) is 0 Å². The van der Waals surface area contributed by atoms with Gasteiger partial charge < -0.3 is 0 Å². The van der Waals surface area contributed by atoms with Gasteiger partial charge >= 0.3 is 0 Å². The van der Waals surface area contributed by atoms with Crippen LogP contribution in [0.2, 0.25) is 0 Å². The van der Waals surface area contributed by atoms with Gasteiger partial charge in [-0.3, -0.25) is 0 Å². The van der Waals surface area contributed by atoms with Gasteiger partial charge in [-0.05, 0) is 6.07 Å². The Morgan fingerprint density at radius 3 is 3.00 bits per heavy atom. The lowest BCUT2D eigenvalue weighted by atomic mass is 10.3. The average Bonchev–Trinajstić information content (AvgIpc) is 2.34. The molecule has 0 unspecified atom stereocenters. The molecule has 2 nitrogen and oxygen atoms in total. The van der Waals surface area contributed by atoms with E-state index < -0.39 is 0 Å². The van der Waals surface area contributed by atoms with Crippen LogP contribution in [0.1, 0.15) is 0 Å². The quantitative estimate of drug-likeness (QED) is 0.420. The first kappa shape index (κ1) is 5.59. The number of nitrogens with zero attached hydrogens (tertiary/aromatic N) is 2. The van der Waals surface area contributed by atoms with Crippen LogP contribution in [0.4, 0.5) is 0 Å². The number of hydrogen-bond donors (Lipinski definition) is 0. The molecule has 0 radical (unpaired) electrons. The topological polar surface area (TPSA) is 15.4 Å². The number of rotatable bonds is 0. The van der Waals surface area contributed by atoms with E-state index in [1.165, 1.54) is 5.36 Å². The van der Waals surface area contributed by atoms with E-state index in [0.29, 0.717) is 0 Å². The highest BCUT2D eigenvalue weighted by Gasteiger charge is 2.04. The van der Waals surface area contributed by atoms with Crippen molar-refractivity contribution in [1.29, 1.82) is 0 Å². The molecule has 0 saturated heterocycles. The van der Waals surface area contributed by atoms with Gasteiger partial charge in [0, 0.05) is 6.07 Å². The van der Waals surface area contributed by atoms with Gasteiger partial charge in [-0.2, -0.15) is 0 Å². The fraction of sp³-hybridized carbons (Fsp3) is 0.250. The van der Waals surface area contributed by atoms with Crippen molar-refractivity contribution in [1.82, 2.24) is 4.58 Å². The largest absolute Gasteiger partial charge is 0.236 e. The molecule has 0 saturated carbocycles. The van der Waals surface area contributed by atoms with Crippen molar-refractivity contribution in [2.75, 3.05) is 13.7 Å². The molecule has 50 valence electrons. The summed E-state index contributed by atoms with van der Waals surface area (Å²) >= 11 is 0. The maximum Gasteiger partial charge on any atom is 0.236 e. The molecule has 1 aromatic carbocycles. The van der Waals surface area contributed by atoms with Gasteiger partial charge in [0.2, 0.25) is 12.0 Å². The lowest BCUT2D eigenvalue weighted by molar-refractivity contribution is 0.719. The van der Waals surface area contributed by atoms with E-state index in [1.54, 1.807) is 0 Å². The van der Waals surface area contributed by atoms with Crippen LogP contribution >= 0.6 is 0 Å². The van der Waals surface area contributed by atoms with Crippen LogP contribution in [0.5, 0.6) is 0 Å². The molecule has 1 aromatic rings. The predicted molar refractivity (Wildman–Crippen MR) is 39.3 cm³/mol. The van der Waals surface area contributed by atoms with Crippen molar-refractivity contribution >= 4 is 0 Å². The normalized spacial score (nSPS) is 14.7. The zero-order valence-corrected chi connectivity index (χ0v) is 5.91. The van der Waals surface area contributed by atoms with Gasteiger partial charge in [-0.1, -0.05) is 12.1 Å². The summed E-state index contributed by atoms with van der Waals surface area (Å²) < 4.78 is 2.13. The van der Waals surface area contributed by atoms with E-state index in [0.717, 1.165) is 12.0 Å². The minimum absolute atomic E-state index is 0.805. The standard InChI is InChI=1S/C8H9N2/c1-10-6-9-7-4-2-3-5-8(7)10/h2-5H,6H2,1H3/q+1. The summed E-state index contributed by atoms with van der Waals surface area (Å²) in [5.41, 5.74) is 0. The average molecular weight is 133 g/mol. The van der Waals surface area contributed by atoms with Crippen LogP contribution in [0.25, 0.3) is 0 Å². The van der Waals surface area contributed by atoms with Crippen molar-refractivity contribution in [2.45, 2.75) is 0 Å². The van der Waals surface area contributed by atoms with Gasteiger partial charge in [0.25, 0.3) is 0 Å².